The van der Waals surface area contributed by atoms with E-state index in [2.05, 4.69) is 17.6 Å². The molecule has 0 radical (unpaired) electrons. The molecule has 1 aliphatic heterocycles. The Balaban J connectivity index is 1.99. The van der Waals surface area contributed by atoms with Crippen LogP contribution in [0.5, 0.6) is 0 Å². The maximum atomic E-state index is 12.0. The fourth-order valence-corrected chi connectivity index (χ4v) is 2.17. The first-order valence-electron chi connectivity index (χ1n) is 5.81. The molecular formula is C12H19N3O. The molecule has 1 saturated heterocycles. The van der Waals surface area contributed by atoms with E-state index >= 15 is 0 Å². The van der Waals surface area contributed by atoms with Gasteiger partial charge in [-0.2, -0.15) is 0 Å². The second kappa shape index (κ2) is 4.70. The van der Waals surface area contributed by atoms with E-state index in [4.69, 9.17) is 0 Å². The van der Waals surface area contributed by atoms with Crippen molar-refractivity contribution in [3.63, 3.8) is 0 Å². The zero-order valence-corrected chi connectivity index (χ0v) is 9.86. The molecule has 1 aliphatic rings. The Morgan fingerprint density at radius 1 is 1.62 bits per heavy atom. The summed E-state index contributed by atoms with van der Waals surface area (Å²) in [5.41, 5.74) is 0.728. The van der Waals surface area contributed by atoms with Gasteiger partial charge in [-0.25, -0.2) is 0 Å². The van der Waals surface area contributed by atoms with Gasteiger partial charge in [-0.15, -0.1) is 0 Å². The number of rotatable bonds is 2. The monoisotopic (exact) mass is 221 g/mol. The molecule has 88 valence electrons. The largest absolute Gasteiger partial charge is 0.348 e. The van der Waals surface area contributed by atoms with E-state index < -0.39 is 0 Å². The van der Waals surface area contributed by atoms with Crippen molar-refractivity contribution >= 4 is 5.91 Å². The van der Waals surface area contributed by atoms with Crippen LogP contribution in [0.3, 0.4) is 0 Å². The van der Waals surface area contributed by atoms with Gasteiger partial charge < -0.3 is 15.2 Å². The lowest BCUT2D eigenvalue weighted by atomic mass is 9.95. The highest BCUT2D eigenvalue weighted by molar-refractivity contribution is 5.92. The lowest BCUT2D eigenvalue weighted by Crippen LogP contribution is -2.48. The predicted octanol–water partition coefficient (Wildman–Crippen LogP) is 0.753. The number of hydrogen-bond acceptors (Lipinski definition) is 2. The lowest BCUT2D eigenvalue weighted by Gasteiger charge is -2.30. The molecule has 16 heavy (non-hydrogen) atoms. The number of nitrogens with one attached hydrogen (secondary N) is 2. The Hall–Kier alpha value is -1.29. The molecule has 1 amide bonds. The molecule has 0 saturated carbocycles. The molecule has 1 fully saturated rings. The first-order chi connectivity index (χ1) is 7.68. The molecule has 4 nitrogen and oxygen atoms in total. The summed E-state index contributed by atoms with van der Waals surface area (Å²) in [6.45, 7) is 4.14. The fraction of sp³-hybridized carbons (Fsp3) is 0.583. The van der Waals surface area contributed by atoms with Crippen LogP contribution in [0.25, 0.3) is 0 Å². The van der Waals surface area contributed by atoms with Crippen molar-refractivity contribution in [3.8, 4) is 0 Å². The minimum absolute atomic E-state index is 0.0336. The molecule has 1 aromatic rings. The van der Waals surface area contributed by atoms with E-state index in [9.17, 15) is 4.79 Å². The van der Waals surface area contributed by atoms with Crippen LogP contribution in [0, 0.1) is 5.92 Å². The number of piperidine rings is 1. The third-order valence-electron chi connectivity index (χ3n) is 3.28. The van der Waals surface area contributed by atoms with E-state index in [1.165, 1.54) is 0 Å². The summed E-state index contributed by atoms with van der Waals surface area (Å²) in [5, 5.41) is 6.44. The lowest BCUT2D eigenvalue weighted by molar-refractivity contribution is 0.0906. The van der Waals surface area contributed by atoms with E-state index in [0.29, 0.717) is 12.0 Å². The topological polar surface area (TPSA) is 46.1 Å². The zero-order chi connectivity index (χ0) is 11.5. The molecule has 4 heteroatoms. The van der Waals surface area contributed by atoms with Crippen LogP contribution in [-0.2, 0) is 7.05 Å². The Bertz CT molecular complexity index is 372. The molecule has 1 aromatic heterocycles. The van der Waals surface area contributed by atoms with Crippen LogP contribution in [0.15, 0.2) is 18.3 Å². The van der Waals surface area contributed by atoms with Crippen molar-refractivity contribution < 1.29 is 4.79 Å². The average molecular weight is 221 g/mol. The number of aromatic nitrogens is 1. The highest BCUT2D eigenvalue weighted by Crippen LogP contribution is 2.11. The molecule has 2 N–H and O–H groups in total. The molecule has 0 spiro atoms. The van der Waals surface area contributed by atoms with Crippen molar-refractivity contribution in [1.82, 2.24) is 15.2 Å². The summed E-state index contributed by atoms with van der Waals surface area (Å²) >= 11 is 0. The highest BCUT2D eigenvalue weighted by Gasteiger charge is 2.23. The Labute approximate surface area is 96.0 Å². The average Bonchev–Trinajstić information content (AvgIpc) is 2.68. The van der Waals surface area contributed by atoms with Crippen molar-refractivity contribution in [2.75, 3.05) is 13.1 Å². The third kappa shape index (κ3) is 2.27. The normalized spacial score (nSPS) is 25.4. The van der Waals surface area contributed by atoms with Crippen LogP contribution in [-0.4, -0.2) is 29.6 Å². The molecule has 0 aliphatic carbocycles. The standard InChI is InChI=1S/C12H19N3O/c1-9-8-13-6-5-10(9)14-12(16)11-4-3-7-15(11)2/h3-4,7,9-10,13H,5-6,8H2,1-2H3,(H,14,16). The van der Waals surface area contributed by atoms with Gasteiger partial charge in [0.25, 0.3) is 5.91 Å². The third-order valence-corrected chi connectivity index (χ3v) is 3.28. The first kappa shape index (κ1) is 11.2. The fourth-order valence-electron chi connectivity index (χ4n) is 2.17. The Kier molecular flexibility index (Phi) is 3.29. The van der Waals surface area contributed by atoms with Crippen LogP contribution < -0.4 is 10.6 Å². The van der Waals surface area contributed by atoms with Crippen molar-refractivity contribution in [2.24, 2.45) is 13.0 Å². The highest BCUT2D eigenvalue weighted by atomic mass is 16.2. The SMILES string of the molecule is CC1CNCCC1NC(=O)c1cccn1C. The second-order valence-corrected chi connectivity index (χ2v) is 4.55. The molecular weight excluding hydrogens is 202 g/mol. The molecule has 0 aromatic carbocycles. The molecule has 0 bridgehead atoms. The second-order valence-electron chi connectivity index (χ2n) is 4.55. The summed E-state index contributed by atoms with van der Waals surface area (Å²) in [4.78, 5) is 12.0. The molecule has 2 atom stereocenters. The van der Waals surface area contributed by atoms with Crippen LogP contribution in [0.4, 0.5) is 0 Å². The van der Waals surface area contributed by atoms with Crippen molar-refractivity contribution in [1.29, 1.82) is 0 Å². The van der Waals surface area contributed by atoms with Gasteiger partial charge in [-0.1, -0.05) is 6.92 Å². The minimum atomic E-state index is 0.0336. The number of carbonyl (C=O) groups is 1. The van der Waals surface area contributed by atoms with Gasteiger partial charge in [-0.3, -0.25) is 4.79 Å². The zero-order valence-electron chi connectivity index (χ0n) is 9.86. The smallest absolute Gasteiger partial charge is 0.268 e. The number of aryl methyl sites for hydroxylation is 1. The van der Waals surface area contributed by atoms with Crippen molar-refractivity contribution in [2.45, 2.75) is 19.4 Å². The van der Waals surface area contributed by atoms with Gasteiger partial charge in [0.2, 0.25) is 0 Å². The quantitative estimate of drug-likeness (QED) is 0.774. The van der Waals surface area contributed by atoms with Crippen molar-refractivity contribution in [3.05, 3.63) is 24.0 Å². The minimum Gasteiger partial charge on any atom is -0.348 e. The van der Waals surface area contributed by atoms with Gasteiger partial charge in [0.05, 0.1) is 0 Å². The van der Waals surface area contributed by atoms with Crippen LogP contribution >= 0.6 is 0 Å². The molecule has 2 heterocycles. The molecule has 2 unspecified atom stereocenters. The number of hydrogen-bond donors (Lipinski definition) is 2. The van der Waals surface area contributed by atoms with E-state index in [-0.39, 0.29) is 5.91 Å². The van der Waals surface area contributed by atoms with Gasteiger partial charge in [0.15, 0.2) is 0 Å². The summed E-state index contributed by atoms with van der Waals surface area (Å²) in [6, 6.07) is 4.03. The maximum absolute atomic E-state index is 12.0. The van der Waals surface area contributed by atoms with Crippen LogP contribution in [0.2, 0.25) is 0 Å². The summed E-state index contributed by atoms with van der Waals surface area (Å²) in [5.74, 6) is 0.532. The Morgan fingerprint density at radius 3 is 3.06 bits per heavy atom. The number of carbonyl (C=O) groups excluding carboxylic acids is 1. The Morgan fingerprint density at radius 2 is 2.44 bits per heavy atom. The van der Waals surface area contributed by atoms with E-state index in [1.54, 1.807) is 0 Å². The van der Waals surface area contributed by atoms with Gasteiger partial charge in [-0.05, 0) is 37.6 Å². The number of nitrogens with zero attached hydrogens (tertiary/aromatic N) is 1. The predicted molar refractivity (Wildman–Crippen MR) is 63.3 cm³/mol. The van der Waals surface area contributed by atoms with E-state index in [0.717, 1.165) is 25.2 Å². The van der Waals surface area contributed by atoms with E-state index in [1.807, 2.05) is 29.9 Å². The van der Waals surface area contributed by atoms with Gasteiger partial charge in [0, 0.05) is 19.3 Å². The van der Waals surface area contributed by atoms with Gasteiger partial charge in [0.1, 0.15) is 5.69 Å². The van der Waals surface area contributed by atoms with Crippen LogP contribution in [0.1, 0.15) is 23.8 Å². The van der Waals surface area contributed by atoms with Gasteiger partial charge >= 0.3 is 0 Å². The first-order valence-corrected chi connectivity index (χ1v) is 5.81. The summed E-state index contributed by atoms with van der Waals surface area (Å²) in [6.07, 6.45) is 2.90. The summed E-state index contributed by atoms with van der Waals surface area (Å²) in [7, 11) is 1.89. The molecule has 2 rings (SSSR count). The summed E-state index contributed by atoms with van der Waals surface area (Å²) < 4.78 is 1.85. The number of amides is 1. The maximum Gasteiger partial charge on any atom is 0.268 e.